The molecule has 1 unspecified atom stereocenters. The van der Waals surface area contributed by atoms with Gasteiger partial charge in [-0.05, 0) is 44.4 Å². The van der Waals surface area contributed by atoms with E-state index in [-0.39, 0.29) is 18.4 Å². The van der Waals surface area contributed by atoms with Crippen LogP contribution in [0, 0.1) is 11.8 Å². The molecule has 0 bridgehead atoms. The Kier molecular flexibility index (Phi) is 6.68. The molecule has 2 aliphatic rings. The van der Waals surface area contributed by atoms with Gasteiger partial charge >= 0.3 is 0 Å². The van der Waals surface area contributed by atoms with Gasteiger partial charge in [-0.1, -0.05) is 19.3 Å². The molecule has 0 radical (unpaired) electrons. The molecule has 5 heteroatoms. The lowest BCUT2D eigenvalue weighted by molar-refractivity contribution is -0.137. The molecule has 1 atom stereocenters. The normalized spacial score (nSPS) is 22.4. The number of piperidine rings is 1. The third-order valence-electron chi connectivity index (χ3n) is 5.13. The standard InChI is InChI=1S/C17H30N2O3/c1-13(17(22)19-9-7-15(12-20)8-10-19)18-16(21)11-14-5-3-2-4-6-14/h13-15,20H,2-12H2,1H3,(H,18,21). The second kappa shape index (κ2) is 8.51. The van der Waals surface area contributed by atoms with Gasteiger partial charge in [-0.25, -0.2) is 0 Å². The van der Waals surface area contributed by atoms with Crippen molar-refractivity contribution in [2.45, 2.75) is 64.3 Å². The van der Waals surface area contributed by atoms with Crippen LogP contribution in [0.2, 0.25) is 0 Å². The van der Waals surface area contributed by atoms with E-state index >= 15 is 0 Å². The third-order valence-corrected chi connectivity index (χ3v) is 5.13. The highest BCUT2D eigenvalue weighted by molar-refractivity contribution is 5.87. The number of likely N-dealkylation sites (tertiary alicyclic amines) is 1. The molecule has 0 aromatic rings. The van der Waals surface area contributed by atoms with E-state index in [4.69, 9.17) is 5.11 Å². The first-order valence-corrected chi connectivity index (χ1v) is 8.79. The largest absolute Gasteiger partial charge is 0.396 e. The van der Waals surface area contributed by atoms with Gasteiger partial charge in [0.1, 0.15) is 6.04 Å². The highest BCUT2D eigenvalue weighted by Crippen LogP contribution is 2.26. The number of nitrogens with zero attached hydrogens (tertiary/aromatic N) is 1. The average molecular weight is 310 g/mol. The molecule has 2 fully saturated rings. The number of aliphatic hydroxyl groups excluding tert-OH is 1. The number of rotatable bonds is 5. The molecule has 0 spiro atoms. The Morgan fingerprint density at radius 2 is 1.73 bits per heavy atom. The summed E-state index contributed by atoms with van der Waals surface area (Å²) in [6.07, 6.45) is 8.30. The number of carbonyl (C=O) groups is 2. The Bertz CT molecular complexity index is 372. The first-order chi connectivity index (χ1) is 10.6. The van der Waals surface area contributed by atoms with E-state index in [9.17, 15) is 9.59 Å². The maximum atomic E-state index is 12.4. The molecule has 0 aromatic heterocycles. The summed E-state index contributed by atoms with van der Waals surface area (Å²) in [4.78, 5) is 26.3. The van der Waals surface area contributed by atoms with Crippen LogP contribution in [0.4, 0.5) is 0 Å². The Labute approximate surface area is 133 Å². The quantitative estimate of drug-likeness (QED) is 0.812. The number of carbonyl (C=O) groups excluding carboxylic acids is 2. The van der Waals surface area contributed by atoms with Gasteiger partial charge in [0, 0.05) is 26.1 Å². The lowest BCUT2D eigenvalue weighted by Gasteiger charge is -2.33. The number of nitrogens with one attached hydrogen (secondary N) is 1. The van der Waals surface area contributed by atoms with Crippen LogP contribution in [0.25, 0.3) is 0 Å². The van der Waals surface area contributed by atoms with Gasteiger partial charge < -0.3 is 15.3 Å². The van der Waals surface area contributed by atoms with E-state index in [2.05, 4.69) is 5.32 Å². The van der Waals surface area contributed by atoms with Gasteiger partial charge in [0.25, 0.3) is 0 Å². The topological polar surface area (TPSA) is 69.6 Å². The van der Waals surface area contributed by atoms with Crippen molar-refractivity contribution < 1.29 is 14.7 Å². The van der Waals surface area contributed by atoms with Crippen molar-refractivity contribution in [2.24, 2.45) is 11.8 Å². The summed E-state index contributed by atoms with van der Waals surface area (Å²) in [6.45, 7) is 3.36. The fourth-order valence-electron chi connectivity index (χ4n) is 3.63. The van der Waals surface area contributed by atoms with Crippen LogP contribution in [0.5, 0.6) is 0 Å². The van der Waals surface area contributed by atoms with Gasteiger partial charge in [0.2, 0.25) is 11.8 Å². The number of hydrogen-bond acceptors (Lipinski definition) is 3. The third kappa shape index (κ3) is 4.97. The van der Waals surface area contributed by atoms with E-state index in [1.165, 1.54) is 19.3 Å². The fraction of sp³-hybridized carbons (Fsp3) is 0.882. The molecule has 2 amide bonds. The zero-order chi connectivity index (χ0) is 15.9. The maximum absolute atomic E-state index is 12.4. The number of amides is 2. The molecule has 1 aliphatic heterocycles. The van der Waals surface area contributed by atoms with Crippen LogP contribution in [-0.4, -0.2) is 47.6 Å². The summed E-state index contributed by atoms with van der Waals surface area (Å²) < 4.78 is 0. The van der Waals surface area contributed by atoms with E-state index in [0.29, 0.717) is 31.3 Å². The molecule has 1 heterocycles. The van der Waals surface area contributed by atoms with Crippen molar-refractivity contribution in [2.75, 3.05) is 19.7 Å². The van der Waals surface area contributed by atoms with Crippen molar-refractivity contribution in [3.63, 3.8) is 0 Å². The predicted octanol–water partition coefficient (Wildman–Crippen LogP) is 1.69. The Balaban J connectivity index is 1.72. The minimum absolute atomic E-state index is 0.00776. The van der Waals surface area contributed by atoms with Crippen LogP contribution in [0.1, 0.15) is 58.3 Å². The van der Waals surface area contributed by atoms with E-state index < -0.39 is 6.04 Å². The van der Waals surface area contributed by atoms with Crippen LogP contribution < -0.4 is 5.32 Å². The molecule has 1 saturated carbocycles. The van der Waals surface area contributed by atoms with Crippen molar-refractivity contribution in [3.05, 3.63) is 0 Å². The molecule has 0 aromatic carbocycles. The molecule has 126 valence electrons. The van der Waals surface area contributed by atoms with Crippen molar-refractivity contribution >= 4 is 11.8 Å². The Hall–Kier alpha value is -1.10. The molecule has 5 nitrogen and oxygen atoms in total. The number of hydrogen-bond donors (Lipinski definition) is 2. The Morgan fingerprint density at radius 1 is 1.09 bits per heavy atom. The fourth-order valence-corrected chi connectivity index (χ4v) is 3.63. The molecule has 2 N–H and O–H groups in total. The van der Waals surface area contributed by atoms with E-state index in [1.54, 1.807) is 6.92 Å². The summed E-state index contributed by atoms with van der Waals surface area (Å²) in [5.74, 6) is 0.836. The lowest BCUT2D eigenvalue weighted by atomic mass is 9.87. The Morgan fingerprint density at radius 3 is 2.32 bits per heavy atom. The zero-order valence-electron chi connectivity index (χ0n) is 13.7. The van der Waals surface area contributed by atoms with Gasteiger partial charge in [-0.3, -0.25) is 9.59 Å². The molecule has 1 aliphatic carbocycles. The number of aliphatic hydroxyl groups is 1. The minimum Gasteiger partial charge on any atom is -0.396 e. The van der Waals surface area contributed by atoms with Crippen molar-refractivity contribution in [3.8, 4) is 0 Å². The van der Waals surface area contributed by atoms with Gasteiger partial charge in [-0.15, -0.1) is 0 Å². The highest BCUT2D eigenvalue weighted by atomic mass is 16.3. The average Bonchev–Trinajstić information content (AvgIpc) is 2.55. The smallest absolute Gasteiger partial charge is 0.244 e. The maximum Gasteiger partial charge on any atom is 0.244 e. The monoisotopic (exact) mass is 310 g/mol. The van der Waals surface area contributed by atoms with Gasteiger partial charge in [0.05, 0.1) is 0 Å². The highest BCUT2D eigenvalue weighted by Gasteiger charge is 2.27. The summed E-state index contributed by atoms with van der Waals surface area (Å²) in [7, 11) is 0. The first-order valence-electron chi connectivity index (χ1n) is 8.79. The molecule has 1 saturated heterocycles. The molecule has 22 heavy (non-hydrogen) atoms. The molecular formula is C17H30N2O3. The zero-order valence-corrected chi connectivity index (χ0v) is 13.7. The predicted molar refractivity (Wildman–Crippen MR) is 85.2 cm³/mol. The van der Waals surface area contributed by atoms with Crippen LogP contribution in [0.3, 0.4) is 0 Å². The van der Waals surface area contributed by atoms with Gasteiger partial charge in [-0.2, -0.15) is 0 Å². The van der Waals surface area contributed by atoms with Crippen LogP contribution in [-0.2, 0) is 9.59 Å². The van der Waals surface area contributed by atoms with E-state index in [0.717, 1.165) is 25.7 Å². The minimum atomic E-state index is -0.443. The summed E-state index contributed by atoms with van der Waals surface area (Å²) >= 11 is 0. The first kappa shape index (κ1) is 17.3. The molecular weight excluding hydrogens is 280 g/mol. The van der Waals surface area contributed by atoms with Gasteiger partial charge in [0.15, 0.2) is 0 Å². The SMILES string of the molecule is CC(NC(=O)CC1CCCCC1)C(=O)N1CCC(CO)CC1. The second-order valence-electron chi connectivity index (χ2n) is 6.95. The summed E-state index contributed by atoms with van der Waals surface area (Å²) in [5, 5.41) is 12.0. The summed E-state index contributed by atoms with van der Waals surface area (Å²) in [6, 6.07) is -0.443. The van der Waals surface area contributed by atoms with Crippen molar-refractivity contribution in [1.29, 1.82) is 0 Å². The van der Waals surface area contributed by atoms with Crippen molar-refractivity contribution in [1.82, 2.24) is 10.2 Å². The van der Waals surface area contributed by atoms with Crippen LogP contribution >= 0.6 is 0 Å². The van der Waals surface area contributed by atoms with Crippen LogP contribution in [0.15, 0.2) is 0 Å². The van der Waals surface area contributed by atoms with E-state index in [1.807, 2.05) is 4.90 Å². The molecule has 2 rings (SSSR count). The lowest BCUT2D eigenvalue weighted by Crippen LogP contribution is -2.49. The second-order valence-corrected chi connectivity index (χ2v) is 6.95. The summed E-state index contributed by atoms with van der Waals surface area (Å²) in [5.41, 5.74) is 0.